The molecule has 0 spiro atoms. The smallest absolute Gasteiger partial charge is 0.242 e. The second-order valence-electron chi connectivity index (χ2n) is 6.62. The lowest BCUT2D eigenvalue weighted by atomic mass is 10.1. The van der Waals surface area contributed by atoms with Crippen LogP contribution in [0.25, 0.3) is 0 Å². The number of fused-ring (bicyclic) bond motifs is 1. The van der Waals surface area contributed by atoms with Crippen LogP contribution in [-0.2, 0) is 16.9 Å². The topological polar surface area (TPSA) is 56.6 Å². The maximum absolute atomic E-state index is 12.3. The zero-order valence-electron chi connectivity index (χ0n) is 14.0. The molecule has 128 valence electrons. The van der Waals surface area contributed by atoms with Gasteiger partial charge in [0.25, 0.3) is 0 Å². The minimum Gasteiger partial charge on any atom is -0.454 e. The molecule has 24 heavy (non-hydrogen) atoms. The highest BCUT2D eigenvalue weighted by Gasteiger charge is 2.21. The van der Waals surface area contributed by atoms with Crippen molar-refractivity contribution in [3.8, 4) is 11.5 Å². The van der Waals surface area contributed by atoms with Crippen molar-refractivity contribution in [2.45, 2.75) is 32.9 Å². The summed E-state index contributed by atoms with van der Waals surface area (Å²) < 4.78 is 12.6. The van der Waals surface area contributed by atoms with E-state index in [1.54, 1.807) is 23.2 Å². The first-order valence-electron chi connectivity index (χ1n) is 7.68. The molecular weight excluding hydrogens is 330 g/mol. The normalized spacial score (nSPS) is 13.2. The van der Waals surface area contributed by atoms with Crippen LogP contribution in [0.3, 0.4) is 0 Å². The highest BCUT2D eigenvalue weighted by Crippen LogP contribution is 2.36. The first-order valence-corrected chi connectivity index (χ1v) is 8.22. The Balaban J connectivity index is 1.87. The van der Waals surface area contributed by atoms with Gasteiger partial charge < -0.3 is 14.4 Å². The molecule has 1 aromatic heterocycles. The van der Waals surface area contributed by atoms with Crippen molar-refractivity contribution in [3.05, 3.63) is 36.2 Å². The molecule has 0 saturated carbocycles. The number of benzene rings is 1. The van der Waals surface area contributed by atoms with Gasteiger partial charge in [-0.1, -0.05) is 0 Å². The highest BCUT2D eigenvalue weighted by molar-refractivity contribution is 6.29. The maximum atomic E-state index is 12.3. The van der Waals surface area contributed by atoms with Gasteiger partial charge in [0.05, 0.1) is 18.3 Å². The van der Waals surface area contributed by atoms with Gasteiger partial charge in [0.15, 0.2) is 11.5 Å². The fraction of sp³-hybridized carbons (Fsp3) is 0.412. The minimum atomic E-state index is -0.181. The molecule has 2 aromatic rings. The zero-order valence-corrected chi connectivity index (χ0v) is 14.7. The molecule has 6 nitrogen and oxygen atoms in total. The second-order valence-corrected chi connectivity index (χ2v) is 6.88. The summed E-state index contributed by atoms with van der Waals surface area (Å²) in [7, 11) is 0. The highest BCUT2D eigenvalue weighted by atomic mass is 35.5. The third-order valence-corrected chi connectivity index (χ3v) is 3.98. The minimum absolute atomic E-state index is 0.0954. The summed E-state index contributed by atoms with van der Waals surface area (Å²) in [6, 6.07) is 5.41. The van der Waals surface area contributed by atoms with Gasteiger partial charge in [-0.2, -0.15) is 5.10 Å². The molecule has 0 aliphatic carbocycles. The van der Waals surface area contributed by atoms with Crippen molar-refractivity contribution in [2.75, 3.05) is 17.6 Å². The van der Waals surface area contributed by atoms with Crippen LogP contribution < -0.4 is 14.4 Å². The van der Waals surface area contributed by atoms with Crippen molar-refractivity contribution < 1.29 is 14.3 Å². The van der Waals surface area contributed by atoms with Crippen LogP contribution in [0, 0.1) is 0 Å². The van der Waals surface area contributed by atoms with Gasteiger partial charge in [0, 0.05) is 23.5 Å². The van der Waals surface area contributed by atoms with Crippen molar-refractivity contribution in [3.63, 3.8) is 0 Å². The predicted molar refractivity (Wildman–Crippen MR) is 91.7 cm³/mol. The van der Waals surface area contributed by atoms with Gasteiger partial charge in [0.2, 0.25) is 12.7 Å². The van der Waals surface area contributed by atoms with Crippen LogP contribution in [-0.4, -0.2) is 28.4 Å². The lowest BCUT2D eigenvalue weighted by Crippen LogP contribution is -2.31. The quantitative estimate of drug-likeness (QED) is 0.796. The summed E-state index contributed by atoms with van der Waals surface area (Å²) in [6.07, 6.45) is 3.72. The first-order chi connectivity index (χ1) is 11.4. The summed E-state index contributed by atoms with van der Waals surface area (Å²) in [5, 5.41) is 4.38. The molecular formula is C17H20ClN3O3. The number of alkyl halides is 1. The number of hydrogen-bond donors (Lipinski definition) is 0. The van der Waals surface area contributed by atoms with Crippen LogP contribution in [0.15, 0.2) is 30.6 Å². The van der Waals surface area contributed by atoms with Crippen molar-refractivity contribution in [2.24, 2.45) is 0 Å². The Bertz CT molecular complexity index is 752. The number of amides is 1. The lowest BCUT2D eigenvalue weighted by Gasteiger charge is -2.22. The van der Waals surface area contributed by atoms with E-state index >= 15 is 0 Å². The molecule has 0 radical (unpaired) electrons. The Hall–Kier alpha value is -2.21. The summed E-state index contributed by atoms with van der Waals surface area (Å²) in [5.41, 5.74) is 1.53. The Morgan fingerprint density at radius 3 is 2.75 bits per heavy atom. The van der Waals surface area contributed by atoms with Crippen LogP contribution in [0.2, 0.25) is 0 Å². The van der Waals surface area contributed by atoms with Crippen molar-refractivity contribution >= 4 is 23.2 Å². The molecule has 3 rings (SSSR count). The number of nitrogens with zero attached hydrogens (tertiary/aromatic N) is 3. The number of rotatable bonds is 4. The summed E-state index contributed by atoms with van der Waals surface area (Å²) >= 11 is 5.79. The predicted octanol–water partition coefficient (Wildman–Crippen LogP) is 3.14. The molecule has 0 atom stereocenters. The van der Waals surface area contributed by atoms with Crippen LogP contribution in [0.5, 0.6) is 11.5 Å². The molecule has 1 aliphatic heterocycles. The largest absolute Gasteiger partial charge is 0.454 e. The summed E-state index contributed by atoms with van der Waals surface area (Å²) in [5.74, 6) is 1.03. The van der Waals surface area contributed by atoms with E-state index in [1.165, 1.54) is 0 Å². The van der Waals surface area contributed by atoms with Crippen LogP contribution in [0.4, 0.5) is 5.69 Å². The van der Waals surface area contributed by atoms with E-state index in [0.717, 1.165) is 5.56 Å². The molecule has 1 aromatic carbocycles. The fourth-order valence-corrected chi connectivity index (χ4v) is 2.58. The average Bonchev–Trinajstić information content (AvgIpc) is 3.19. The summed E-state index contributed by atoms with van der Waals surface area (Å²) in [6.45, 7) is 6.80. The maximum Gasteiger partial charge on any atom is 0.242 e. The Kier molecular flexibility index (Phi) is 4.41. The number of carbonyl (C=O) groups is 1. The average molecular weight is 350 g/mol. The van der Waals surface area contributed by atoms with E-state index in [4.69, 9.17) is 21.1 Å². The van der Waals surface area contributed by atoms with E-state index in [-0.39, 0.29) is 24.1 Å². The molecule has 0 unspecified atom stereocenters. The lowest BCUT2D eigenvalue weighted by molar-refractivity contribution is -0.116. The first kappa shape index (κ1) is 16.6. The van der Waals surface area contributed by atoms with Crippen molar-refractivity contribution in [1.82, 2.24) is 9.78 Å². The molecule has 1 amide bonds. The van der Waals surface area contributed by atoms with E-state index in [0.29, 0.717) is 23.7 Å². The second kappa shape index (κ2) is 6.36. The third kappa shape index (κ3) is 3.33. The van der Waals surface area contributed by atoms with Gasteiger partial charge in [-0.05, 0) is 32.9 Å². The Morgan fingerprint density at radius 2 is 2.08 bits per heavy atom. The van der Waals surface area contributed by atoms with Gasteiger partial charge in [-0.25, -0.2) is 0 Å². The fourth-order valence-electron chi connectivity index (χ4n) is 2.44. The van der Waals surface area contributed by atoms with Gasteiger partial charge in [-0.15, -0.1) is 11.6 Å². The zero-order chi connectivity index (χ0) is 17.3. The Morgan fingerprint density at radius 1 is 1.33 bits per heavy atom. The third-order valence-electron chi connectivity index (χ3n) is 3.75. The van der Waals surface area contributed by atoms with Gasteiger partial charge in [0.1, 0.15) is 5.88 Å². The van der Waals surface area contributed by atoms with E-state index < -0.39 is 0 Å². The monoisotopic (exact) mass is 349 g/mol. The van der Waals surface area contributed by atoms with E-state index in [9.17, 15) is 4.79 Å². The standard InChI is InChI=1S/C17H20ClN3O3/c1-17(2,3)21-10-12(8-19-21)9-20(16(22)7-18)13-4-5-14-15(6-13)24-11-23-14/h4-6,8,10H,7,9,11H2,1-3H3. The molecule has 1 aliphatic rings. The molecule has 0 bridgehead atoms. The van der Waals surface area contributed by atoms with Crippen LogP contribution >= 0.6 is 11.6 Å². The Labute approximate surface area is 145 Å². The molecule has 0 N–H and O–H groups in total. The molecule has 7 heteroatoms. The van der Waals surface area contributed by atoms with E-state index in [1.807, 2.05) is 16.9 Å². The molecule has 0 fully saturated rings. The number of aromatic nitrogens is 2. The number of carbonyl (C=O) groups excluding carboxylic acids is 1. The van der Waals surface area contributed by atoms with Gasteiger partial charge >= 0.3 is 0 Å². The number of halogens is 1. The number of hydrogen-bond acceptors (Lipinski definition) is 4. The van der Waals surface area contributed by atoms with Crippen molar-refractivity contribution in [1.29, 1.82) is 0 Å². The number of anilines is 1. The van der Waals surface area contributed by atoms with Crippen LogP contribution in [0.1, 0.15) is 26.3 Å². The SMILES string of the molecule is CC(C)(C)n1cc(CN(C(=O)CCl)c2ccc3c(c2)OCO3)cn1. The van der Waals surface area contributed by atoms with E-state index in [2.05, 4.69) is 25.9 Å². The van der Waals surface area contributed by atoms with Gasteiger partial charge in [-0.3, -0.25) is 9.48 Å². The molecule has 2 heterocycles. The number of ether oxygens (including phenoxy) is 2. The molecule has 0 saturated heterocycles. The summed E-state index contributed by atoms with van der Waals surface area (Å²) in [4.78, 5) is 13.9.